The second-order valence-electron chi connectivity index (χ2n) is 3.17. The van der Waals surface area contributed by atoms with Crippen molar-refractivity contribution in [1.82, 2.24) is 9.55 Å². The van der Waals surface area contributed by atoms with E-state index in [1.165, 1.54) is 0 Å². The van der Waals surface area contributed by atoms with E-state index in [0.29, 0.717) is 11.8 Å². The number of halogens is 2. The molecule has 1 aromatic carbocycles. The second-order valence-corrected chi connectivity index (χ2v) is 5.21. The summed E-state index contributed by atoms with van der Waals surface area (Å²) in [6, 6.07) is 5.53. The summed E-state index contributed by atoms with van der Waals surface area (Å²) < 4.78 is 15.2. The van der Waals surface area contributed by atoms with Crippen LogP contribution in [-0.4, -0.2) is 9.55 Å². The Morgan fingerprint density at radius 2 is 2.38 bits per heavy atom. The smallest absolute Gasteiger partial charge is 0.235 e. The molecule has 0 bridgehead atoms. The molecule has 0 aliphatic carbocycles. The van der Waals surface area contributed by atoms with Gasteiger partial charge in [-0.1, -0.05) is 18.8 Å². The fourth-order valence-electron chi connectivity index (χ4n) is 1.41. The van der Waals surface area contributed by atoms with Gasteiger partial charge in [-0.3, -0.25) is 0 Å². The van der Waals surface area contributed by atoms with Gasteiger partial charge in [-0.2, -0.15) is 4.39 Å². The highest BCUT2D eigenvalue weighted by atomic mass is 127. The van der Waals surface area contributed by atoms with E-state index < -0.39 is 5.95 Å². The zero-order valence-electron chi connectivity index (χ0n) is 8.59. The van der Waals surface area contributed by atoms with Crippen LogP contribution in [0.1, 0.15) is 18.9 Å². The van der Waals surface area contributed by atoms with Crippen LogP contribution >= 0.6 is 28.4 Å². The summed E-state index contributed by atoms with van der Waals surface area (Å²) in [5.74, 6) is 5.54. The molecule has 5 heteroatoms. The van der Waals surface area contributed by atoms with Crippen LogP contribution in [-0.2, 0) is 0 Å². The average molecular weight is 346 g/mol. The molecule has 0 amide bonds. The molecule has 0 aliphatic rings. The lowest BCUT2D eigenvalue weighted by Gasteiger charge is -1.96. The Hall–Kier alpha value is -0.660. The van der Waals surface area contributed by atoms with Crippen LogP contribution in [0.25, 0.3) is 10.9 Å². The number of hydrogen-bond acceptors (Lipinski definition) is 1. The van der Waals surface area contributed by atoms with Gasteiger partial charge in [-0.15, -0.1) is 5.10 Å². The number of aromatic nitrogens is 2. The third kappa shape index (κ3) is 2.21. The Morgan fingerprint density at radius 1 is 1.56 bits per heavy atom. The first-order chi connectivity index (χ1) is 7.76. The molecule has 1 atom stereocenters. The van der Waals surface area contributed by atoms with E-state index >= 15 is 0 Å². The monoisotopic (exact) mass is 346 g/mol. The highest BCUT2D eigenvalue weighted by molar-refractivity contribution is 14.2. The fourth-order valence-corrected chi connectivity index (χ4v) is 2.93. The summed E-state index contributed by atoms with van der Waals surface area (Å²) >= 11 is 2.18. The third-order valence-corrected chi connectivity index (χ3v) is 4.00. The summed E-state index contributed by atoms with van der Waals surface area (Å²) in [7, 11) is 0. The Morgan fingerprint density at radius 3 is 3.06 bits per heavy atom. The molecule has 16 heavy (non-hydrogen) atoms. The van der Waals surface area contributed by atoms with Gasteiger partial charge in [0.2, 0.25) is 5.95 Å². The SMILES string of the molecule is CCC#Cc1ccc2c(c1)c(F)nn2PI. The lowest BCUT2D eigenvalue weighted by atomic mass is 10.1. The van der Waals surface area contributed by atoms with Crippen LogP contribution in [0.5, 0.6) is 0 Å². The molecular formula is C11H9FIN2P. The van der Waals surface area contributed by atoms with Gasteiger partial charge in [-0.05, 0) is 40.2 Å². The molecule has 0 saturated carbocycles. The maximum absolute atomic E-state index is 13.5. The van der Waals surface area contributed by atoms with Crippen LogP contribution in [0, 0.1) is 17.8 Å². The molecule has 0 fully saturated rings. The van der Waals surface area contributed by atoms with Gasteiger partial charge in [0, 0.05) is 12.0 Å². The molecule has 1 aromatic heterocycles. The first-order valence-electron chi connectivity index (χ1n) is 4.80. The maximum Gasteiger partial charge on any atom is 0.240 e. The van der Waals surface area contributed by atoms with E-state index in [4.69, 9.17) is 0 Å². The zero-order valence-corrected chi connectivity index (χ0v) is 11.7. The predicted molar refractivity (Wildman–Crippen MR) is 74.6 cm³/mol. The third-order valence-electron chi connectivity index (χ3n) is 2.12. The number of nitrogens with zero attached hydrogens (tertiary/aromatic N) is 2. The van der Waals surface area contributed by atoms with E-state index in [-0.39, 0.29) is 0 Å². The first kappa shape index (κ1) is 11.8. The van der Waals surface area contributed by atoms with Crippen LogP contribution in [0.15, 0.2) is 18.2 Å². The van der Waals surface area contributed by atoms with Crippen molar-refractivity contribution in [2.75, 3.05) is 0 Å². The van der Waals surface area contributed by atoms with Crippen molar-refractivity contribution in [3.63, 3.8) is 0 Å². The Kier molecular flexibility index (Phi) is 3.78. The van der Waals surface area contributed by atoms with Crippen molar-refractivity contribution in [3.8, 4) is 11.8 Å². The van der Waals surface area contributed by atoms with Gasteiger partial charge in [0.05, 0.1) is 17.3 Å². The molecule has 0 radical (unpaired) electrons. The normalized spacial score (nSPS) is 10.9. The molecule has 82 valence electrons. The van der Waals surface area contributed by atoms with Gasteiger partial charge in [0.15, 0.2) is 0 Å². The summed E-state index contributed by atoms with van der Waals surface area (Å²) in [6.45, 7) is 1.99. The van der Waals surface area contributed by atoms with Crippen LogP contribution in [0.3, 0.4) is 0 Å². The van der Waals surface area contributed by atoms with E-state index in [0.717, 1.165) is 17.5 Å². The summed E-state index contributed by atoms with van der Waals surface area (Å²) in [6.07, 6.45) is 1.20. The van der Waals surface area contributed by atoms with Crippen LogP contribution in [0.2, 0.25) is 0 Å². The summed E-state index contributed by atoms with van der Waals surface area (Å²) in [5, 5.41) is 4.38. The second kappa shape index (κ2) is 5.11. The summed E-state index contributed by atoms with van der Waals surface area (Å²) in [5.41, 5.74) is 1.66. The van der Waals surface area contributed by atoms with E-state index in [1.807, 2.05) is 19.1 Å². The molecule has 1 heterocycles. The van der Waals surface area contributed by atoms with Crippen molar-refractivity contribution >= 4 is 39.3 Å². The summed E-state index contributed by atoms with van der Waals surface area (Å²) in [4.78, 5) is 0. The van der Waals surface area contributed by atoms with Gasteiger partial charge < -0.3 is 0 Å². The van der Waals surface area contributed by atoms with Crippen molar-refractivity contribution in [2.45, 2.75) is 13.3 Å². The molecule has 0 N–H and O–H groups in total. The topological polar surface area (TPSA) is 17.8 Å². The molecule has 0 saturated heterocycles. The molecule has 0 spiro atoms. The minimum absolute atomic E-state index is 0.402. The van der Waals surface area contributed by atoms with E-state index in [1.54, 1.807) is 10.5 Å². The minimum atomic E-state index is -0.417. The van der Waals surface area contributed by atoms with Gasteiger partial charge >= 0.3 is 0 Å². The van der Waals surface area contributed by atoms with Gasteiger partial charge in [0.25, 0.3) is 0 Å². The Labute approximate surface area is 108 Å². The number of rotatable bonds is 1. The Bertz CT molecular complexity index is 583. The zero-order chi connectivity index (χ0) is 11.5. The van der Waals surface area contributed by atoms with Crippen molar-refractivity contribution in [2.24, 2.45) is 0 Å². The van der Waals surface area contributed by atoms with Crippen molar-refractivity contribution in [3.05, 3.63) is 29.7 Å². The van der Waals surface area contributed by atoms with Gasteiger partial charge in [-0.25, -0.2) is 4.45 Å². The average Bonchev–Trinajstić information content (AvgIpc) is 2.63. The number of fused-ring (bicyclic) bond motifs is 1. The van der Waals surface area contributed by atoms with Gasteiger partial charge in [0.1, 0.15) is 0 Å². The van der Waals surface area contributed by atoms with Crippen molar-refractivity contribution < 1.29 is 4.39 Å². The number of benzene rings is 1. The highest BCUT2D eigenvalue weighted by Crippen LogP contribution is 2.30. The molecule has 2 rings (SSSR count). The lowest BCUT2D eigenvalue weighted by Crippen LogP contribution is -1.82. The molecular weight excluding hydrogens is 337 g/mol. The predicted octanol–water partition coefficient (Wildman–Crippen LogP) is 3.73. The highest BCUT2D eigenvalue weighted by Gasteiger charge is 2.09. The standard InChI is InChI=1S/C11H9FIN2P/c1-2-3-4-8-5-6-10-9(7-8)11(12)14-15(10)16-13/h5-7,16H,2H2,1H3. The van der Waals surface area contributed by atoms with Crippen LogP contribution in [0.4, 0.5) is 4.39 Å². The fraction of sp³-hybridized carbons (Fsp3) is 0.182. The Balaban J connectivity index is 2.58. The van der Waals surface area contributed by atoms with E-state index in [2.05, 4.69) is 39.0 Å². The maximum atomic E-state index is 13.5. The molecule has 0 aliphatic heterocycles. The minimum Gasteiger partial charge on any atom is -0.235 e. The van der Waals surface area contributed by atoms with Crippen LogP contribution < -0.4 is 0 Å². The largest absolute Gasteiger partial charge is 0.240 e. The lowest BCUT2D eigenvalue weighted by molar-refractivity contribution is 0.583. The first-order valence-corrected chi connectivity index (χ1v) is 8.86. The van der Waals surface area contributed by atoms with Crippen molar-refractivity contribution in [1.29, 1.82) is 0 Å². The van der Waals surface area contributed by atoms with E-state index in [9.17, 15) is 4.39 Å². The quantitative estimate of drug-likeness (QED) is 0.437. The number of hydrogen-bond donors (Lipinski definition) is 0. The molecule has 2 nitrogen and oxygen atoms in total. The molecule has 2 aromatic rings. The molecule has 1 unspecified atom stereocenters.